The first-order valence-electron chi connectivity index (χ1n) is 5.95. The molecule has 0 unspecified atom stereocenters. The minimum atomic E-state index is -0.342. The van der Waals surface area contributed by atoms with Crippen molar-refractivity contribution in [3.63, 3.8) is 0 Å². The molecule has 0 spiro atoms. The fourth-order valence-electron chi connectivity index (χ4n) is 1.66. The number of carbonyl (C=O) groups excluding carboxylic acids is 1. The third-order valence-electron chi connectivity index (χ3n) is 2.61. The summed E-state index contributed by atoms with van der Waals surface area (Å²) in [6.45, 7) is 2.19. The van der Waals surface area contributed by atoms with Gasteiger partial charge in [0.2, 0.25) is 5.22 Å². The fraction of sp³-hybridized carbons (Fsp3) is 0.133. The van der Waals surface area contributed by atoms with Crippen LogP contribution in [0.5, 0.6) is 0 Å². The van der Waals surface area contributed by atoms with Crippen molar-refractivity contribution in [3.8, 4) is 11.8 Å². The molecular weight excluding hydrogens is 276 g/mol. The second-order valence-corrected chi connectivity index (χ2v) is 4.46. The summed E-state index contributed by atoms with van der Waals surface area (Å²) in [5.41, 5.74) is 7.98. The molecular formula is C15H13ClN2O2. The van der Waals surface area contributed by atoms with Gasteiger partial charge in [0, 0.05) is 5.56 Å². The second kappa shape index (κ2) is 6.29. The van der Waals surface area contributed by atoms with Crippen LogP contribution in [0.3, 0.4) is 0 Å². The Morgan fingerprint density at radius 3 is 2.90 bits per heavy atom. The molecule has 2 aromatic rings. The van der Waals surface area contributed by atoms with Crippen molar-refractivity contribution in [2.75, 3.05) is 11.9 Å². The topological polar surface area (TPSA) is 68.3 Å². The van der Waals surface area contributed by atoms with E-state index >= 15 is 0 Å². The minimum absolute atomic E-state index is 0.0599. The Morgan fingerprint density at radius 2 is 2.25 bits per heavy atom. The number of halogens is 1. The van der Waals surface area contributed by atoms with Gasteiger partial charge in [-0.3, -0.25) is 4.79 Å². The van der Waals surface area contributed by atoms with Crippen molar-refractivity contribution in [1.29, 1.82) is 0 Å². The third-order valence-corrected chi connectivity index (χ3v) is 2.90. The van der Waals surface area contributed by atoms with Gasteiger partial charge in [0.1, 0.15) is 0 Å². The van der Waals surface area contributed by atoms with Gasteiger partial charge in [-0.15, -0.1) is 0 Å². The summed E-state index contributed by atoms with van der Waals surface area (Å²) in [4.78, 5) is 12.1. The van der Waals surface area contributed by atoms with Crippen LogP contribution in [-0.4, -0.2) is 12.5 Å². The maximum Gasteiger partial charge on any atom is 0.260 e. The Balaban J connectivity index is 2.31. The van der Waals surface area contributed by atoms with E-state index in [1.165, 1.54) is 12.3 Å². The Labute approximate surface area is 121 Å². The first-order valence-corrected chi connectivity index (χ1v) is 6.33. The smallest absolute Gasteiger partial charge is 0.260 e. The number of hydrogen-bond acceptors (Lipinski definition) is 3. The number of anilines is 1. The standard InChI is InChI=1S/C15H13ClN2O2/c1-10-4-5-11(3-2-7-17)13(9-10)18-15(19)12-6-8-20-14(12)16/h4-6,8-9H,7,17H2,1H3,(H,18,19). The van der Waals surface area contributed by atoms with E-state index in [1.807, 2.05) is 25.1 Å². The van der Waals surface area contributed by atoms with Crippen LogP contribution in [0.1, 0.15) is 21.5 Å². The molecule has 1 aromatic heterocycles. The molecule has 0 saturated carbocycles. The molecule has 0 atom stereocenters. The Hall–Kier alpha value is -2.22. The molecule has 4 nitrogen and oxygen atoms in total. The summed E-state index contributed by atoms with van der Waals surface area (Å²) in [6.07, 6.45) is 1.36. The SMILES string of the molecule is Cc1ccc(C#CCN)c(NC(=O)c2ccoc2Cl)c1. The van der Waals surface area contributed by atoms with Crippen LogP contribution in [0.15, 0.2) is 34.9 Å². The normalized spacial score (nSPS) is 9.75. The lowest BCUT2D eigenvalue weighted by Crippen LogP contribution is -2.12. The van der Waals surface area contributed by atoms with Crippen molar-refractivity contribution in [2.24, 2.45) is 5.73 Å². The number of benzene rings is 1. The summed E-state index contributed by atoms with van der Waals surface area (Å²) >= 11 is 5.78. The first-order chi connectivity index (χ1) is 9.61. The highest BCUT2D eigenvalue weighted by Crippen LogP contribution is 2.21. The van der Waals surface area contributed by atoms with Crippen LogP contribution in [0.4, 0.5) is 5.69 Å². The van der Waals surface area contributed by atoms with Crippen molar-refractivity contribution in [3.05, 3.63) is 52.4 Å². The van der Waals surface area contributed by atoms with Gasteiger partial charge in [-0.05, 0) is 42.3 Å². The summed E-state index contributed by atoms with van der Waals surface area (Å²) in [5.74, 6) is 5.34. The number of carbonyl (C=O) groups is 1. The van der Waals surface area contributed by atoms with E-state index in [-0.39, 0.29) is 23.2 Å². The molecule has 0 aliphatic heterocycles. The van der Waals surface area contributed by atoms with Crippen LogP contribution in [0.25, 0.3) is 0 Å². The minimum Gasteiger partial charge on any atom is -0.452 e. The lowest BCUT2D eigenvalue weighted by Gasteiger charge is -2.08. The lowest BCUT2D eigenvalue weighted by atomic mass is 10.1. The molecule has 1 amide bonds. The quantitative estimate of drug-likeness (QED) is 0.835. The number of nitrogens with two attached hydrogens (primary N) is 1. The largest absolute Gasteiger partial charge is 0.452 e. The van der Waals surface area contributed by atoms with Gasteiger partial charge in [-0.1, -0.05) is 17.9 Å². The zero-order chi connectivity index (χ0) is 14.5. The molecule has 0 aliphatic carbocycles. The Bertz CT molecular complexity index is 695. The van der Waals surface area contributed by atoms with Crippen molar-refractivity contribution >= 4 is 23.2 Å². The third kappa shape index (κ3) is 3.21. The number of aryl methyl sites for hydroxylation is 1. The molecule has 1 heterocycles. The first kappa shape index (κ1) is 14.2. The van der Waals surface area contributed by atoms with Gasteiger partial charge in [0.25, 0.3) is 5.91 Å². The number of rotatable bonds is 2. The number of hydrogen-bond donors (Lipinski definition) is 2. The lowest BCUT2D eigenvalue weighted by molar-refractivity contribution is 0.102. The zero-order valence-electron chi connectivity index (χ0n) is 10.9. The number of nitrogens with one attached hydrogen (secondary N) is 1. The number of furan rings is 1. The van der Waals surface area contributed by atoms with Crippen LogP contribution in [0, 0.1) is 18.8 Å². The summed E-state index contributed by atoms with van der Waals surface area (Å²) < 4.78 is 4.90. The predicted octanol–water partition coefficient (Wildman–Crippen LogP) is 2.80. The molecule has 20 heavy (non-hydrogen) atoms. The van der Waals surface area contributed by atoms with Crippen molar-refractivity contribution in [2.45, 2.75) is 6.92 Å². The molecule has 0 aliphatic rings. The van der Waals surface area contributed by atoms with E-state index < -0.39 is 0 Å². The summed E-state index contributed by atoms with van der Waals surface area (Å²) in [5, 5.41) is 2.84. The highest BCUT2D eigenvalue weighted by atomic mass is 35.5. The van der Waals surface area contributed by atoms with Gasteiger partial charge < -0.3 is 15.5 Å². The summed E-state index contributed by atoms with van der Waals surface area (Å²) in [6, 6.07) is 7.11. The van der Waals surface area contributed by atoms with Gasteiger partial charge in [-0.25, -0.2) is 0 Å². The Morgan fingerprint density at radius 1 is 1.45 bits per heavy atom. The summed E-state index contributed by atoms with van der Waals surface area (Å²) in [7, 11) is 0. The van der Waals surface area contributed by atoms with E-state index in [0.29, 0.717) is 11.3 Å². The maximum atomic E-state index is 12.1. The van der Waals surface area contributed by atoms with Gasteiger partial charge in [0.15, 0.2) is 0 Å². The molecule has 1 aromatic carbocycles. The monoisotopic (exact) mass is 288 g/mol. The molecule has 0 saturated heterocycles. The van der Waals surface area contributed by atoms with Gasteiger partial charge >= 0.3 is 0 Å². The molecule has 3 N–H and O–H groups in total. The van der Waals surface area contributed by atoms with Gasteiger partial charge in [-0.2, -0.15) is 0 Å². The molecule has 0 fully saturated rings. The number of amides is 1. The maximum absolute atomic E-state index is 12.1. The van der Waals surface area contributed by atoms with Crippen LogP contribution in [-0.2, 0) is 0 Å². The van der Waals surface area contributed by atoms with E-state index in [0.717, 1.165) is 5.56 Å². The van der Waals surface area contributed by atoms with E-state index in [4.69, 9.17) is 21.8 Å². The second-order valence-electron chi connectivity index (χ2n) is 4.12. The van der Waals surface area contributed by atoms with Crippen LogP contribution < -0.4 is 11.1 Å². The van der Waals surface area contributed by atoms with Crippen LogP contribution >= 0.6 is 11.6 Å². The fourth-order valence-corrected chi connectivity index (χ4v) is 1.86. The molecule has 5 heteroatoms. The highest BCUT2D eigenvalue weighted by molar-refractivity contribution is 6.32. The van der Waals surface area contributed by atoms with Crippen LogP contribution in [0.2, 0.25) is 5.22 Å². The molecule has 0 radical (unpaired) electrons. The molecule has 2 rings (SSSR count). The molecule has 0 bridgehead atoms. The van der Waals surface area contributed by atoms with E-state index in [1.54, 1.807) is 0 Å². The average Bonchev–Trinajstić information content (AvgIpc) is 2.84. The van der Waals surface area contributed by atoms with Crippen molar-refractivity contribution in [1.82, 2.24) is 0 Å². The Kier molecular flexibility index (Phi) is 4.46. The average molecular weight is 289 g/mol. The molecule has 102 valence electrons. The zero-order valence-corrected chi connectivity index (χ0v) is 11.6. The predicted molar refractivity (Wildman–Crippen MR) is 78.8 cm³/mol. The van der Waals surface area contributed by atoms with E-state index in [9.17, 15) is 4.79 Å². The van der Waals surface area contributed by atoms with Crippen molar-refractivity contribution < 1.29 is 9.21 Å². The van der Waals surface area contributed by atoms with Gasteiger partial charge in [0.05, 0.1) is 24.1 Å². The highest BCUT2D eigenvalue weighted by Gasteiger charge is 2.14. The van der Waals surface area contributed by atoms with E-state index in [2.05, 4.69) is 17.2 Å².